The third-order valence-corrected chi connectivity index (χ3v) is 2.75. The lowest BCUT2D eigenvalue weighted by Crippen LogP contribution is -2.31. The molecule has 0 unspecified atom stereocenters. The van der Waals surface area contributed by atoms with Gasteiger partial charge in [-0.1, -0.05) is 17.7 Å². The van der Waals surface area contributed by atoms with Gasteiger partial charge in [0.25, 0.3) is 0 Å². The molecule has 0 atom stereocenters. The number of carbonyl (C=O) groups excluding carboxylic acids is 1. The van der Waals surface area contributed by atoms with Crippen LogP contribution in [0, 0.1) is 6.92 Å². The molecule has 0 fully saturated rings. The smallest absolute Gasteiger partial charge is 0.248 e. The number of nitrogens with zero attached hydrogens (tertiary/aromatic N) is 1. The van der Waals surface area contributed by atoms with Crippen LogP contribution in [0.25, 0.3) is 0 Å². The summed E-state index contributed by atoms with van der Waals surface area (Å²) in [5.74, 6) is 0.0702. The lowest BCUT2D eigenvalue weighted by molar-refractivity contribution is -0.125. The van der Waals surface area contributed by atoms with E-state index in [1.54, 1.807) is 11.0 Å². The molecule has 0 saturated carbocycles. The molecule has 1 aromatic carbocycles. The topological polar surface area (TPSA) is 32.3 Å². The fourth-order valence-corrected chi connectivity index (χ4v) is 1.65. The van der Waals surface area contributed by atoms with Crippen molar-refractivity contribution in [3.8, 4) is 0 Å². The van der Waals surface area contributed by atoms with Crippen molar-refractivity contribution in [3.63, 3.8) is 0 Å². The maximum Gasteiger partial charge on any atom is 0.248 e. The highest BCUT2D eigenvalue weighted by atomic mass is 16.2. The van der Waals surface area contributed by atoms with E-state index in [4.69, 9.17) is 0 Å². The number of hydrogen-bond acceptors (Lipinski definition) is 2. The molecule has 1 aliphatic rings. The lowest BCUT2D eigenvalue weighted by Gasteiger charge is -2.22. The molecule has 0 aliphatic carbocycles. The van der Waals surface area contributed by atoms with Crippen LogP contribution in [0.5, 0.6) is 0 Å². The minimum absolute atomic E-state index is 0.0702. The lowest BCUT2D eigenvalue weighted by atomic mass is 10.1. The standard InChI is InChI=1S/C13H16N2O/c1-10-3-5-11(6-4-10)14-12-7-8-15(2)13(16)9-12/h3-6,9,14H,7-8H2,1-2H3. The highest BCUT2D eigenvalue weighted by molar-refractivity contribution is 5.89. The summed E-state index contributed by atoms with van der Waals surface area (Å²) in [5.41, 5.74) is 3.26. The number of hydrogen-bond donors (Lipinski definition) is 1. The van der Waals surface area contributed by atoms with Crippen LogP contribution in [-0.4, -0.2) is 24.4 Å². The van der Waals surface area contributed by atoms with E-state index in [0.717, 1.165) is 24.4 Å². The third kappa shape index (κ3) is 2.42. The first-order valence-electron chi connectivity index (χ1n) is 5.44. The van der Waals surface area contributed by atoms with Gasteiger partial charge in [0.1, 0.15) is 0 Å². The van der Waals surface area contributed by atoms with Crippen molar-refractivity contribution in [2.75, 3.05) is 18.9 Å². The molecule has 84 valence electrons. The Labute approximate surface area is 95.8 Å². The van der Waals surface area contributed by atoms with Gasteiger partial charge in [-0.3, -0.25) is 4.79 Å². The number of carbonyl (C=O) groups is 1. The Balaban J connectivity index is 2.08. The Kier molecular flexibility index (Phi) is 2.95. The van der Waals surface area contributed by atoms with Gasteiger partial charge in [-0.15, -0.1) is 0 Å². The van der Waals surface area contributed by atoms with Crippen LogP contribution in [0.1, 0.15) is 12.0 Å². The summed E-state index contributed by atoms with van der Waals surface area (Å²) in [6.45, 7) is 2.84. The Bertz CT molecular complexity index is 420. The van der Waals surface area contributed by atoms with Crippen molar-refractivity contribution >= 4 is 11.6 Å². The van der Waals surface area contributed by atoms with Crippen molar-refractivity contribution in [1.29, 1.82) is 0 Å². The second kappa shape index (κ2) is 4.39. The van der Waals surface area contributed by atoms with Gasteiger partial charge in [0.2, 0.25) is 5.91 Å². The minimum Gasteiger partial charge on any atom is -0.359 e. The summed E-state index contributed by atoms with van der Waals surface area (Å²) in [5, 5.41) is 3.27. The summed E-state index contributed by atoms with van der Waals surface area (Å²) in [6.07, 6.45) is 2.56. The first-order valence-corrected chi connectivity index (χ1v) is 5.44. The Morgan fingerprint density at radius 1 is 1.25 bits per heavy atom. The van der Waals surface area contributed by atoms with Gasteiger partial charge in [0.15, 0.2) is 0 Å². The van der Waals surface area contributed by atoms with Crippen molar-refractivity contribution in [1.82, 2.24) is 4.90 Å². The van der Waals surface area contributed by atoms with E-state index < -0.39 is 0 Å². The molecule has 0 radical (unpaired) electrons. The van der Waals surface area contributed by atoms with Crippen molar-refractivity contribution < 1.29 is 4.79 Å². The first kappa shape index (κ1) is 10.7. The maximum atomic E-state index is 11.5. The van der Waals surface area contributed by atoms with Crippen LogP contribution in [0.2, 0.25) is 0 Å². The van der Waals surface area contributed by atoms with Crippen molar-refractivity contribution in [2.45, 2.75) is 13.3 Å². The van der Waals surface area contributed by atoms with Crippen molar-refractivity contribution in [3.05, 3.63) is 41.6 Å². The van der Waals surface area contributed by atoms with Gasteiger partial charge in [0, 0.05) is 37.5 Å². The number of amides is 1. The molecule has 0 saturated heterocycles. The number of anilines is 1. The van der Waals surface area contributed by atoms with Gasteiger partial charge in [-0.05, 0) is 19.1 Å². The number of likely N-dealkylation sites (N-methyl/N-ethyl adjacent to an activating group) is 1. The van der Waals surface area contributed by atoms with Gasteiger partial charge < -0.3 is 10.2 Å². The van der Waals surface area contributed by atoms with Crippen LogP contribution < -0.4 is 5.32 Å². The van der Waals surface area contributed by atoms with Crippen LogP contribution in [0.3, 0.4) is 0 Å². The molecule has 0 spiro atoms. The minimum atomic E-state index is 0.0702. The normalized spacial score (nSPS) is 16.0. The largest absolute Gasteiger partial charge is 0.359 e. The van der Waals surface area contributed by atoms with Gasteiger partial charge in [-0.25, -0.2) is 0 Å². The summed E-state index contributed by atoms with van der Waals surface area (Å²) in [6, 6.07) is 8.16. The Hall–Kier alpha value is -1.77. The number of rotatable bonds is 2. The van der Waals surface area contributed by atoms with Crippen LogP contribution in [0.15, 0.2) is 36.0 Å². The molecular weight excluding hydrogens is 200 g/mol. The first-order chi connectivity index (χ1) is 7.65. The fraction of sp³-hybridized carbons (Fsp3) is 0.308. The predicted octanol–water partition coefficient (Wildman–Crippen LogP) is 2.15. The number of benzene rings is 1. The van der Waals surface area contributed by atoms with Crippen LogP contribution in [-0.2, 0) is 4.79 Å². The molecule has 1 N–H and O–H groups in total. The van der Waals surface area contributed by atoms with Crippen molar-refractivity contribution in [2.24, 2.45) is 0 Å². The molecule has 1 heterocycles. The van der Waals surface area contributed by atoms with Crippen LogP contribution in [0.4, 0.5) is 5.69 Å². The van der Waals surface area contributed by atoms with Gasteiger partial charge in [0.05, 0.1) is 0 Å². The third-order valence-electron chi connectivity index (χ3n) is 2.75. The molecule has 1 aliphatic heterocycles. The van der Waals surface area contributed by atoms with E-state index in [9.17, 15) is 4.79 Å². The highest BCUT2D eigenvalue weighted by Crippen LogP contribution is 2.16. The SMILES string of the molecule is Cc1ccc(NC2=CC(=O)N(C)CC2)cc1. The second-order valence-electron chi connectivity index (χ2n) is 4.17. The fourth-order valence-electron chi connectivity index (χ4n) is 1.65. The van der Waals surface area contributed by atoms with E-state index in [2.05, 4.69) is 24.4 Å². The predicted molar refractivity (Wildman–Crippen MR) is 65.1 cm³/mol. The van der Waals surface area contributed by atoms with Gasteiger partial charge in [-0.2, -0.15) is 0 Å². The van der Waals surface area contributed by atoms with Gasteiger partial charge >= 0.3 is 0 Å². The zero-order valence-electron chi connectivity index (χ0n) is 9.66. The zero-order valence-corrected chi connectivity index (χ0v) is 9.66. The summed E-state index contributed by atoms with van der Waals surface area (Å²) in [4.78, 5) is 13.2. The molecule has 2 rings (SSSR count). The molecule has 3 nitrogen and oxygen atoms in total. The van der Waals surface area contributed by atoms with Crippen LogP contribution >= 0.6 is 0 Å². The molecule has 1 aromatic rings. The van der Waals surface area contributed by atoms with E-state index in [0.29, 0.717) is 0 Å². The average Bonchev–Trinajstić information content (AvgIpc) is 2.27. The van der Waals surface area contributed by atoms with E-state index >= 15 is 0 Å². The molecule has 1 amide bonds. The molecule has 3 heteroatoms. The molecular formula is C13H16N2O. The zero-order chi connectivity index (χ0) is 11.5. The molecule has 0 aromatic heterocycles. The molecule has 16 heavy (non-hydrogen) atoms. The molecule has 0 bridgehead atoms. The van der Waals surface area contributed by atoms with E-state index in [1.807, 2.05) is 19.2 Å². The Morgan fingerprint density at radius 3 is 2.56 bits per heavy atom. The quantitative estimate of drug-likeness (QED) is 0.821. The Morgan fingerprint density at radius 2 is 1.94 bits per heavy atom. The average molecular weight is 216 g/mol. The summed E-state index contributed by atoms with van der Waals surface area (Å²) in [7, 11) is 1.82. The monoisotopic (exact) mass is 216 g/mol. The summed E-state index contributed by atoms with van der Waals surface area (Å²) < 4.78 is 0. The van der Waals surface area contributed by atoms with E-state index in [-0.39, 0.29) is 5.91 Å². The van der Waals surface area contributed by atoms with E-state index in [1.165, 1.54) is 5.56 Å². The number of nitrogens with one attached hydrogen (secondary N) is 1. The summed E-state index contributed by atoms with van der Waals surface area (Å²) >= 11 is 0. The highest BCUT2D eigenvalue weighted by Gasteiger charge is 2.14. The second-order valence-corrected chi connectivity index (χ2v) is 4.17. The maximum absolute atomic E-state index is 11.5. The number of aryl methyl sites for hydroxylation is 1.